The Morgan fingerprint density at radius 3 is 2.76 bits per heavy atom. The number of benzene rings is 1. The summed E-state index contributed by atoms with van der Waals surface area (Å²) >= 11 is 3.42. The van der Waals surface area contributed by atoms with Gasteiger partial charge in [0, 0.05) is 11.9 Å². The molecular formula is C16H19BrN2O2. The minimum absolute atomic E-state index is 0.318. The Morgan fingerprint density at radius 2 is 2.19 bits per heavy atom. The Bertz CT molecular complexity index is 600. The van der Waals surface area contributed by atoms with Crippen LogP contribution in [0.25, 0.3) is 0 Å². The number of carbonyl (C=O) groups excluding carboxylic acids is 1. The van der Waals surface area contributed by atoms with Gasteiger partial charge in [0.05, 0.1) is 18.2 Å². The number of hydrogen-bond acceptors (Lipinski definition) is 3. The lowest BCUT2D eigenvalue weighted by atomic mass is 9.93. The number of alkyl halides is 1. The summed E-state index contributed by atoms with van der Waals surface area (Å²) in [5, 5.41) is 10.1. The van der Waals surface area contributed by atoms with Crippen molar-refractivity contribution in [3.63, 3.8) is 0 Å². The number of rotatable bonds is 1. The third-order valence-corrected chi connectivity index (χ3v) is 3.98. The van der Waals surface area contributed by atoms with Crippen LogP contribution in [0.5, 0.6) is 0 Å². The van der Waals surface area contributed by atoms with E-state index in [1.165, 1.54) is 0 Å². The normalized spacial score (nSPS) is 14.3. The second-order valence-electron chi connectivity index (χ2n) is 6.18. The molecule has 0 radical (unpaired) electrons. The molecule has 112 valence electrons. The van der Waals surface area contributed by atoms with Crippen molar-refractivity contribution in [2.45, 2.75) is 44.7 Å². The van der Waals surface area contributed by atoms with Crippen molar-refractivity contribution in [1.29, 1.82) is 5.26 Å². The SMILES string of the molecule is CC(C)(C)OC(=O)N1CCc2cc(CBr)cc(C#N)c2C1. The smallest absolute Gasteiger partial charge is 0.410 e. The van der Waals surface area contributed by atoms with Crippen molar-refractivity contribution < 1.29 is 9.53 Å². The molecule has 2 rings (SSSR count). The average Bonchev–Trinajstić information content (AvgIpc) is 2.43. The molecule has 0 aliphatic carbocycles. The number of halogens is 1. The highest BCUT2D eigenvalue weighted by molar-refractivity contribution is 9.08. The molecule has 1 aromatic rings. The maximum absolute atomic E-state index is 12.2. The Hall–Kier alpha value is -1.54. The maximum Gasteiger partial charge on any atom is 0.410 e. The van der Waals surface area contributed by atoms with Crippen LogP contribution in [0.3, 0.4) is 0 Å². The van der Waals surface area contributed by atoms with Gasteiger partial charge in [-0.2, -0.15) is 5.26 Å². The molecule has 0 atom stereocenters. The van der Waals surface area contributed by atoms with E-state index in [1.54, 1.807) is 4.90 Å². The van der Waals surface area contributed by atoms with Crippen LogP contribution in [-0.4, -0.2) is 23.1 Å². The summed E-state index contributed by atoms with van der Waals surface area (Å²) in [6, 6.07) is 6.23. The predicted molar refractivity (Wildman–Crippen MR) is 84.1 cm³/mol. The van der Waals surface area contributed by atoms with Crippen LogP contribution in [0.4, 0.5) is 4.79 Å². The number of ether oxygens (including phenoxy) is 1. The third kappa shape index (κ3) is 3.76. The fourth-order valence-corrected chi connectivity index (χ4v) is 2.72. The number of nitriles is 1. The molecule has 0 unspecified atom stereocenters. The van der Waals surface area contributed by atoms with Crippen LogP contribution in [0.2, 0.25) is 0 Å². The molecule has 0 bridgehead atoms. The molecule has 5 heteroatoms. The zero-order valence-electron chi connectivity index (χ0n) is 12.6. The van der Waals surface area contributed by atoms with Crippen molar-refractivity contribution in [3.8, 4) is 6.07 Å². The van der Waals surface area contributed by atoms with E-state index in [0.717, 1.165) is 28.4 Å². The Labute approximate surface area is 133 Å². The first-order valence-corrected chi connectivity index (χ1v) is 8.05. The number of carbonyl (C=O) groups is 1. The quantitative estimate of drug-likeness (QED) is 0.724. The molecule has 1 aliphatic heterocycles. The number of amides is 1. The molecule has 4 nitrogen and oxygen atoms in total. The van der Waals surface area contributed by atoms with E-state index < -0.39 is 5.60 Å². The molecule has 0 N–H and O–H groups in total. The first-order chi connectivity index (χ1) is 9.84. The van der Waals surface area contributed by atoms with Crippen molar-refractivity contribution in [1.82, 2.24) is 4.90 Å². The van der Waals surface area contributed by atoms with Crippen LogP contribution < -0.4 is 0 Å². The number of fused-ring (bicyclic) bond motifs is 1. The van der Waals surface area contributed by atoms with Crippen LogP contribution in [-0.2, 0) is 23.0 Å². The van der Waals surface area contributed by atoms with E-state index in [4.69, 9.17) is 4.74 Å². The van der Waals surface area contributed by atoms with E-state index in [9.17, 15) is 10.1 Å². The van der Waals surface area contributed by atoms with Gasteiger partial charge in [-0.15, -0.1) is 0 Å². The maximum atomic E-state index is 12.2. The third-order valence-electron chi connectivity index (χ3n) is 3.33. The molecule has 0 saturated heterocycles. The minimum atomic E-state index is -0.505. The molecular weight excluding hydrogens is 332 g/mol. The number of hydrogen-bond donors (Lipinski definition) is 0. The lowest BCUT2D eigenvalue weighted by molar-refractivity contribution is 0.0224. The second kappa shape index (κ2) is 6.07. The fraction of sp³-hybridized carbons (Fsp3) is 0.500. The minimum Gasteiger partial charge on any atom is -0.444 e. The van der Waals surface area contributed by atoms with Gasteiger partial charge in [-0.05, 0) is 49.9 Å². The van der Waals surface area contributed by atoms with Gasteiger partial charge in [0.25, 0.3) is 0 Å². The standard InChI is InChI=1S/C16H19BrN2O2/c1-16(2,3)21-15(20)19-5-4-12-6-11(8-17)7-13(9-18)14(12)10-19/h6-7H,4-5,8,10H2,1-3H3. The molecule has 1 aromatic carbocycles. The van der Waals surface area contributed by atoms with Crippen molar-refractivity contribution >= 4 is 22.0 Å². The van der Waals surface area contributed by atoms with Crippen molar-refractivity contribution in [2.24, 2.45) is 0 Å². The van der Waals surface area contributed by atoms with Crippen molar-refractivity contribution in [3.05, 3.63) is 34.4 Å². The highest BCUT2D eigenvalue weighted by atomic mass is 79.9. The summed E-state index contributed by atoms with van der Waals surface area (Å²) in [4.78, 5) is 13.8. The zero-order chi connectivity index (χ0) is 15.6. The largest absolute Gasteiger partial charge is 0.444 e. The van der Waals surface area contributed by atoms with E-state index in [2.05, 4.69) is 28.1 Å². The van der Waals surface area contributed by atoms with Gasteiger partial charge in [0.15, 0.2) is 0 Å². The van der Waals surface area contributed by atoms with Gasteiger partial charge in [0.2, 0.25) is 0 Å². The van der Waals surface area contributed by atoms with Gasteiger partial charge in [-0.3, -0.25) is 0 Å². The second-order valence-corrected chi connectivity index (χ2v) is 6.74. The summed E-state index contributed by atoms with van der Waals surface area (Å²) in [6.45, 7) is 6.62. The topological polar surface area (TPSA) is 53.3 Å². The number of nitrogens with zero attached hydrogens (tertiary/aromatic N) is 2. The Kier molecular flexibility index (Phi) is 4.58. The van der Waals surface area contributed by atoms with Gasteiger partial charge in [0.1, 0.15) is 5.60 Å². The van der Waals surface area contributed by atoms with Gasteiger partial charge in [-0.25, -0.2) is 4.79 Å². The van der Waals surface area contributed by atoms with Crippen LogP contribution in [0.15, 0.2) is 12.1 Å². The van der Waals surface area contributed by atoms with Crippen molar-refractivity contribution in [2.75, 3.05) is 6.54 Å². The lowest BCUT2D eigenvalue weighted by Crippen LogP contribution is -2.40. The molecule has 1 heterocycles. The summed E-state index contributed by atoms with van der Waals surface area (Å²) < 4.78 is 5.41. The monoisotopic (exact) mass is 350 g/mol. The first-order valence-electron chi connectivity index (χ1n) is 6.92. The van der Waals surface area contributed by atoms with E-state index in [1.807, 2.05) is 26.8 Å². The molecule has 1 amide bonds. The summed E-state index contributed by atoms with van der Waals surface area (Å²) in [5.41, 5.74) is 3.34. The summed E-state index contributed by atoms with van der Waals surface area (Å²) in [5.74, 6) is 0. The molecule has 0 saturated carbocycles. The Morgan fingerprint density at radius 1 is 1.48 bits per heavy atom. The highest BCUT2D eigenvalue weighted by Crippen LogP contribution is 2.26. The van der Waals surface area contributed by atoms with E-state index in [-0.39, 0.29) is 6.09 Å². The van der Waals surface area contributed by atoms with Gasteiger partial charge >= 0.3 is 6.09 Å². The first kappa shape index (κ1) is 15.8. The fourth-order valence-electron chi connectivity index (χ4n) is 2.39. The van der Waals surface area contributed by atoms with E-state index >= 15 is 0 Å². The molecule has 21 heavy (non-hydrogen) atoms. The molecule has 0 aromatic heterocycles. The van der Waals surface area contributed by atoms with E-state index in [0.29, 0.717) is 18.7 Å². The summed E-state index contributed by atoms with van der Waals surface area (Å²) in [6.07, 6.45) is 0.436. The molecule has 0 spiro atoms. The zero-order valence-corrected chi connectivity index (χ0v) is 14.2. The van der Waals surface area contributed by atoms with Gasteiger partial charge < -0.3 is 9.64 Å². The van der Waals surface area contributed by atoms with Crippen LogP contribution in [0.1, 0.15) is 43.0 Å². The lowest BCUT2D eigenvalue weighted by Gasteiger charge is -2.31. The molecule has 0 fully saturated rings. The van der Waals surface area contributed by atoms with Crippen LogP contribution in [0, 0.1) is 11.3 Å². The predicted octanol–water partition coefficient (Wildman–Crippen LogP) is 3.75. The average molecular weight is 351 g/mol. The molecule has 1 aliphatic rings. The van der Waals surface area contributed by atoms with Crippen LogP contribution >= 0.6 is 15.9 Å². The highest BCUT2D eigenvalue weighted by Gasteiger charge is 2.27. The van der Waals surface area contributed by atoms with Gasteiger partial charge in [-0.1, -0.05) is 22.0 Å². The summed E-state index contributed by atoms with van der Waals surface area (Å²) in [7, 11) is 0. The Balaban J connectivity index is 2.24.